The lowest BCUT2D eigenvalue weighted by atomic mass is 10.1. The molecule has 0 radical (unpaired) electrons. The molecule has 0 fully saturated rings. The van der Waals surface area contributed by atoms with E-state index in [0.717, 1.165) is 25.1 Å². The maximum absolute atomic E-state index is 11.6. The summed E-state index contributed by atoms with van der Waals surface area (Å²) in [6, 6.07) is 7.73. The van der Waals surface area contributed by atoms with Crippen LogP contribution in [0.3, 0.4) is 0 Å². The van der Waals surface area contributed by atoms with Gasteiger partial charge < -0.3 is 14.8 Å². The van der Waals surface area contributed by atoms with Gasteiger partial charge in [0.15, 0.2) is 0 Å². The van der Waals surface area contributed by atoms with Crippen LogP contribution in [0, 0.1) is 0 Å². The Bertz CT molecular complexity index is 393. The molecule has 1 unspecified atom stereocenters. The Labute approximate surface area is 115 Å². The second-order valence-corrected chi connectivity index (χ2v) is 4.27. The van der Waals surface area contributed by atoms with Crippen molar-refractivity contribution in [2.45, 2.75) is 32.7 Å². The number of rotatable bonds is 8. The van der Waals surface area contributed by atoms with E-state index in [4.69, 9.17) is 9.47 Å². The second kappa shape index (κ2) is 8.53. The van der Waals surface area contributed by atoms with Crippen LogP contribution in [0.1, 0.15) is 25.8 Å². The molecule has 1 atom stereocenters. The summed E-state index contributed by atoms with van der Waals surface area (Å²) in [5.74, 6) is 0.686. The van der Waals surface area contributed by atoms with Gasteiger partial charge in [0.05, 0.1) is 13.7 Å². The van der Waals surface area contributed by atoms with Crippen molar-refractivity contribution in [3.05, 3.63) is 29.8 Å². The van der Waals surface area contributed by atoms with E-state index in [1.165, 1.54) is 5.56 Å². The maximum Gasteiger partial charge on any atom is 0.323 e. The summed E-state index contributed by atoms with van der Waals surface area (Å²) in [4.78, 5) is 11.6. The van der Waals surface area contributed by atoms with Crippen LogP contribution >= 0.6 is 0 Å². The topological polar surface area (TPSA) is 47.6 Å². The third kappa shape index (κ3) is 5.30. The zero-order valence-corrected chi connectivity index (χ0v) is 11.9. The lowest BCUT2D eigenvalue weighted by Gasteiger charge is -2.15. The summed E-state index contributed by atoms with van der Waals surface area (Å²) in [7, 11) is 1.66. The van der Waals surface area contributed by atoms with Gasteiger partial charge in [0.1, 0.15) is 11.8 Å². The van der Waals surface area contributed by atoms with Gasteiger partial charge >= 0.3 is 5.97 Å². The fourth-order valence-electron chi connectivity index (χ4n) is 1.86. The molecule has 19 heavy (non-hydrogen) atoms. The quantitative estimate of drug-likeness (QED) is 0.732. The largest absolute Gasteiger partial charge is 0.497 e. The van der Waals surface area contributed by atoms with Crippen LogP contribution in [0.2, 0.25) is 0 Å². The molecular formula is C15H23NO3. The molecule has 1 aromatic carbocycles. The number of hydrogen-bond acceptors (Lipinski definition) is 4. The van der Waals surface area contributed by atoms with Gasteiger partial charge in [-0.25, -0.2) is 0 Å². The predicted molar refractivity (Wildman–Crippen MR) is 75.4 cm³/mol. The highest BCUT2D eigenvalue weighted by Crippen LogP contribution is 2.12. The molecule has 0 aliphatic heterocycles. The Morgan fingerprint density at radius 1 is 1.37 bits per heavy atom. The van der Waals surface area contributed by atoms with Crippen LogP contribution in [0.25, 0.3) is 0 Å². The van der Waals surface area contributed by atoms with E-state index in [2.05, 4.69) is 11.4 Å². The lowest BCUT2D eigenvalue weighted by Crippen LogP contribution is -2.38. The molecule has 0 saturated heterocycles. The van der Waals surface area contributed by atoms with Crippen molar-refractivity contribution in [1.82, 2.24) is 5.32 Å². The molecule has 1 rings (SSSR count). The van der Waals surface area contributed by atoms with Gasteiger partial charge in [-0.2, -0.15) is 0 Å². The SMILES string of the molecule is CCOC(=O)C(CC)NCCc1cccc(OC)c1. The molecule has 0 amide bonds. The Balaban J connectivity index is 2.41. The minimum atomic E-state index is -0.217. The average molecular weight is 265 g/mol. The van der Waals surface area contributed by atoms with Crippen molar-refractivity contribution in [1.29, 1.82) is 0 Å². The van der Waals surface area contributed by atoms with E-state index in [9.17, 15) is 4.79 Å². The van der Waals surface area contributed by atoms with Gasteiger partial charge in [-0.1, -0.05) is 19.1 Å². The third-order valence-electron chi connectivity index (χ3n) is 2.92. The molecule has 1 aromatic rings. The zero-order chi connectivity index (χ0) is 14.1. The van der Waals surface area contributed by atoms with E-state index in [1.54, 1.807) is 7.11 Å². The van der Waals surface area contributed by atoms with Crippen molar-refractivity contribution in [2.24, 2.45) is 0 Å². The van der Waals surface area contributed by atoms with E-state index < -0.39 is 0 Å². The smallest absolute Gasteiger partial charge is 0.323 e. The number of carbonyl (C=O) groups excluding carboxylic acids is 1. The highest BCUT2D eigenvalue weighted by molar-refractivity contribution is 5.75. The van der Waals surface area contributed by atoms with Crippen molar-refractivity contribution >= 4 is 5.97 Å². The molecule has 1 N–H and O–H groups in total. The van der Waals surface area contributed by atoms with Gasteiger partial charge in [-0.3, -0.25) is 4.79 Å². The third-order valence-corrected chi connectivity index (χ3v) is 2.92. The van der Waals surface area contributed by atoms with Crippen molar-refractivity contribution in [2.75, 3.05) is 20.3 Å². The standard InChI is InChI=1S/C15H23NO3/c1-4-14(15(17)19-5-2)16-10-9-12-7-6-8-13(11-12)18-3/h6-8,11,14,16H,4-5,9-10H2,1-3H3. The number of methoxy groups -OCH3 is 1. The first kappa shape index (κ1) is 15.5. The molecule has 0 saturated carbocycles. The van der Waals surface area contributed by atoms with E-state index >= 15 is 0 Å². The second-order valence-electron chi connectivity index (χ2n) is 4.27. The average Bonchev–Trinajstić information content (AvgIpc) is 2.44. The van der Waals surface area contributed by atoms with E-state index in [-0.39, 0.29) is 12.0 Å². The molecular weight excluding hydrogens is 242 g/mol. The fourth-order valence-corrected chi connectivity index (χ4v) is 1.86. The molecule has 0 bridgehead atoms. The van der Waals surface area contributed by atoms with Crippen LogP contribution < -0.4 is 10.1 Å². The van der Waals surface area contributed by atoms with Crippen molar-refractivity contribution in [3.8, 4) is 5.75 Å². The van der Waals surface area contributed by atoms with Gasteiger partial charge in [0.25, 0.3) is 0 Å². The number of ether oxygens (including phenoxy) is 2. The predicted octanol–water partition coefficient (Wildman–Crippen LogP) is 2.17. The van der Waals surface area contributed by atoms with Crippen LogP contribution in [-0.2, 0) is 16.0 Å². The molecule has 106 valence electrons. The monoisotopic (exact) mass is 265 g/mol. The number of esters is 1. The highest BCUT2D eigenvalue weighted by Gasteiger charge is 2.16. The molecule has 4 heteroatoms. The minimum Gasteiger partial charge on any atom is -0.497 e. The summed E-state index contributed by atoms with van der Waals surface area (Å²) >= 11 is 0. The van der Waals surface area contributed by atoms with Crippen LogP contribution in [0.15, 0.2) is 24.3 Å². The Morgan fingerprint density at radius 2 is 2.16 bits per heavy atom. The van der Waals surface area contributed by atoms with Gasteiger partial charge in [-0.15, -0.1) is 0 Å². The number of carbonyl (C=O) groups is 1. The summed E-state index contributed by atoms with van der Waals surface area (Å²) in [6.07, 6.45) is 1.59. The zero-order valence-electron chi connectivity index (χ0n) is 11.9. The van der Waals surface area contributed by atoms with Gasteiger partial charge in [0, 0.05) is 0 Å². The van der Waals surface area contributed by atoms with Crippen LogP contribution in [0.4, 0.5) is 0 Å². The Kier molecular flexibility index (Phi) is 6.97. The summed E-state index contributed by atoms with van der Waals surface area (Å²) < 4.78 is 10.2. The molecule has 0 aromatic heterocycles. The first-order chi connectivity index (χ1) is 9.21. The van der Waals surface area contributed by atoms with Gasteiger partial charge in [-0.05, 0) is 44.0 Å². The molecule has 0 spiro atoms. The van der Waals surface area contributed by atoms with Crippen LogP contribution in [-0.4, -0.2) is 32.3 Å². The first-order valence-electron chi connectivity index (χ1n) is 6.74. The molecule has 4 nitrogen and oxygen atoms in total. The number of nitrogens with one attached hydrogen (secondary N) is 1. The molecule has 0 aliphatic carbocycles. The van der Waals surface area contributed by atoms with Gasteiger partial charge in [0.2, 0.25) is 0 Å². The number of hydrogen-bond donors (Lipinski definition) is 1. The normalized spacial score (nSPS) is 11.9. The van der Waals surface area contributed by atoms with E-state index in [0.29, 0.717) is 6.61 Å². The van der Waals surface area contributed by atoms with Crippen molar-refractivity contribution in [3.63, 3.8) is 0 Å². The summed E-state index contributed by atoms with van der Waals surface area (Å²) in [6.45, 7) is 4.96. The van der Waals surface area contributed by atoms with Crippen molar-refractivity contribution < 1.29 is 14.3 Å². The first-order valence-corrected chi connectivity index (χ1v) is 6.74. The molecule has 0 heterocycles. The van der Waals surface area contributed by atoms with Crippen LogP contribution in [0.5, 0.6) is 5.75 Å². The minimum absolute atomic E-state index is 0.171. The fraction of sp³-hybridized carbons (Fsp3) is 0.533. The maximum atomic E-state index is 11.6. The highest BCUT2D eigenvalue weighted by atomic mass is 16.5. The summed E-state index contributed by atoms with van der Waals surface area (Å²) in [5, 5.41) is 3.22. The molecule has 0 aliphatic rings. The van der Waals surface area contributed by atoms with E-state index in [1.807, 2.05) is 32.0 Å². The Hall–Kier alpha value is -1.55. The number of benzene rings is 1. The lowest BCUT2D eigenvalue weighted by molar-refractivity contribution is -0.145. The summed E-state index contributed by atoms with van der Waals surface area (Å²) in [5.41, 5.74) is 1.19. The Morgan fingerprint density at radius 3 is 2.79 bits per heavy atom.